The minimum atomic E-state index is -1.32. The van der Waals surface area contributed by atoms with Crippen molar-refractivity contribution in [2.24, 2.45) is 0 Å². The molecule has 1 N–H and O–H groups in total. The highest BCUT2D eigenvalue weighted by atomic mass is 16.4. The van der Waals surface area contributed by atoms with E-state index >= 15 is 0 Å². The standard InChI is InChI=1S/C30H27N3O2/c1-6-15-30(4,5)27-25-13-9-7-11-23(25)24-12-8-10-14-26(24)28(27)33(29(34)35)22(19-32)17-21(18-31)16-20(2)3/h6-14,16-17H,1-2,15H2,3-5H3,(H,34,35)/b21-16-,22-17+. The second-order valence-electron chi connectivity index (χ2n) is 9.01. The van der Waals surface area contributed by atoms with E-state index in [0.717, 1.165) is 26.6 Å². The summed E-state index contributed by atoms with van der Waals surface area (Å²) >= 11 is 0. The van der Waals surface area contributed by atoms with E-state index in [9.17, 15) is 20.4 Å². The molecule has 0 radical (unpaired) electrons. The van der Waals surface area contributed by atoms with Crippen LogP contribution >= 0.6 is 0 Å². The summed E-state index contributed by atoms with van der Waals surface area (Å²) in [6.07, 6.45) is 3.88. The highest BCUT2D eigenvalue weighted by Gasteiger charge is 2.33. The van der Waals surface area contributed by atoms with Gasteiger partial charge in [0.05, 0.1) is 17.3 Å². The van der Waals surface area contributed by atoms with Gasteiger partial charge in [0.15, 0.2) is 0 Å². The second-order valence-corrected chi connectivity index (χ2v) is 9.01. The van der Waals surface area contributed by atoms with Crippen LogP contribution in [0, 0.1) is 22.7 Å². The number of carbonyl (C=O) groups is 1. The molecule has 5 nitrogen and oxygen atoms in total. The number of hydrogen-bond acceptors (Lipinski definition) is 3. The number of benzene rings is 3. The summed E-state index contributed by atoms with van der Waals surface area (Å²) in [6, 6.07) is 19.5. The van der Waals surface area contributed by atoms with Gasteiger partial charge < -0.3 is 5.11 Å². The zero-order valence-corrected chi connectivity index (χ0v) is 20.2. The zero-order valence-electron chi connectivity index (χ0n) is 20.2. The molecular weight excluding hydrogens is 434 g/mol. The average molecular weight is 462 g/mol. The number of nitrogens with zero attached hydrogens (tertiary/aromatic N) is 3. The molecule has 0 spiro atoms. The lowest BCUT2D eigenvalue weighted by Crippen LogP contribution is -2.32. The van der Waals surface area contributed by atoms with Crippen LogP contribution in [0.4, 0.5) is 10.5 Å². The first kappa shape index (κ1) is 25.0. The molecule has 1 amide bonds. The summed E-state index contributed by atoms with van der Waals surface area (Å²) in [5, 5.41) is 33.6. The number of carboxylic acid groups (broad SMARTS) is 1. The molecule has 0 aliphatic carbocycles. The van der Waals surface area contributed by atoms with Crippen molar-refractivity contribution in [3.05, 3.63) is 102 Å². The number of allylic oxidation sites excluding steroid dienone is 6. The van der Waals surface area contributed by atoms with Gasteiger partial charge in [-0.2, -0.15) is 10.5 Å². The van der Waals surface area contributed by atoms with E-state index in [2.05, 4.69) is 13.2 Å². The Morgan fingerprint density at radius 2 is 1.54 bits per heavy atom. The molecule has 35 heavy (non-hydrogen) atoms. The Morgan fingerprint density at radius 1 is 1.00 bits per heavy atom. The number of fused-ring (bicyclic) bond motifs is 3. The van der Waals surface area contributed by atoms with Gasteiger partial charge in [-0.1, -0.05) is 80.6 Å². The summed E-state index contributed by atoms with van der Waals surface area (Å²) in [6.45, 7) is 13.5. The van der Waals surface area contributed by atoms with Gasteiger partial charge in [-0.05, 0) is 52.6 Å². The molecule has 0 unspecified atom stereocenters. The second kappa shape index (κ2) is 10.1. The fourth-order valence-corrected chi connectivity index (χ4v) is 4.49. The Balaban J connectivity index is 2.57. The Labute approximate surface area is 205 Å². The Hall–Kier alpha value is -4.61. The lowest BCUT2D eigenvalue weighted by Gasteiger charge is -2.33. The van der Waals surface area contributed by atoms with Crippen molar-refractivity contribution in [1.82, 2.24) is 0 Å². The summed E-state index contributed by atoms with van der Waals surface area (Å²) in [7, 11) is 0. The van der Waals surface area contributed by atoms with Crippen LogP contribution in [0.3, 0.4) is 0 Å². The fraction of sp³-hybridized carbons (Fsp3) is 0.167. The van der Waals surface area contributed by atoms with Gasteiger partial charge >= 0.3 is 6.09 Å². The third-order valence-electron chi connectivity index (χ3n) is 5.83. The minimum Gasteiger partial charge on any atom is -0.464 e. The van der Waals surface area contributed by atoms with Gasteiger partial charge in [-0.15, -0.1) is 6.58 Å². The minimum absolute atomic E-state index is 0.136. The van der Waals surface area contributed by atoms with E-state index < -0.39 is 11.5 Å². The van der Waals surface area contributed by atoms with Gasteiger partial charge in [0.25, 0.3) is 0 Å². The van der Waals surface area contributed by atoms with Gasteiger partial charge in [0.2, 0.25) is 0 Å². The van der Waals surface area contributed by atoms with Crippen molar-refractivity contribution in [2.75, 3.05) is 4.90 Å². The zero-order chi connectivity index (χ0) is 25.8. The van der Waals surface area contributed by atoms with E-state index in [1.165, 1.54) is 12.2 Å². The van der Waals surface area contributed by atoms with Crippen LogP contribution in [0.15, 0.2) is 96.8 Å². The normalized spacial score (nSPS) is 12.1. The maximum Gasteiger partial charge on any atom is 0.417 e. The summed E-state index contributed by atoms with van der Waals surface area (Å²) in [5.41, 5.74) is 1.25. The quantitative estimate of drug-likeness (QED) is 0.168. The van der Waals surface area contributed by atoms with Crippen LogP contribution in [0.2, 0.25) is 0 Å². The molecule has 0 aliphatic rings. The van der Waals surface area contributed by atoms with E-state index in [0.29, 0.717) is 23.1 Å². The molecule has 0 aliphatic heterocycles. The first-order valence-electron chi connectivity index (χ1n) is 11.1. The van der Waals surface area contributed by atoms with Crippen LogP contribution in [-0.4, -0.2) is 11.2 Å². The van der Waals surface area contributed by atoms with Crippen molar-refractivity contribution in [1.29, 1.82) is 10.5 Å². The first-order valence-corrected chi connectivity index (χ1v) is 11.1. The molecule has 5 heteroatoms. The number of nitriles is 2. The van der Waals surface area contributed by atoms with Crippen LogP contribution in [0.1, 0.15) is 32.8 Å². The molecule has 174 valence electrons. The number of amides is 1. The summed E-state index contributed by atoms with van der Waals surface area (Å²) < 4.78 is 0. The predicted molar refractivity (Wildman–Crippen MR) is 142 cm³/mol. The van der Waals surface area contributed by atoms with Gasteiger partial charge in [-0.25, -0.2) is 9.69 Å². The molecule has 0 bridgehead atoms. The average Bonchev–Trinajstić information content (AvgIpc) is 2.82. The molecule has 0 fully saturated rings. The topological polar surface area (TPSA) is 88.1 Å². The molecule has 3 aromatic rings. The Bertz CT molecular complexity index is 1490. The van der Waals surface area contributed by atoms with Crippen LogP contribution in [-0.2, 0) is 5.41 Å². The smallest absolute Gasteiger partial charge is 0.417 e. The SMILES string of the molecule is C=CCC(C)(C)c1c(N(C(=O)O)/C(C#N)=C/C(C#N)=C/C(=C)C)c2ccccc2c2ccccc12. The van der Waals surface area contributed by atoms with Gasteiger partial charge in [0.1, 0.15) is 11.8 Å². The molecule has 0 aromatic heterocycles. The molecule has 3 rings (SSSR count). The van der Waals surface area contributed by atoms with Crippen molar-refractivity contribution >= 4 is 33.3 Å². The highest BCUT2D eigenvalue weighted by molar-refractivity contribution is 6.18. The third kappa shape index (κ3) is 4.86. The number of rotatable bonds is 7. The number of hydrogen-bond donors (Lipinski definition) is 1. The maximum absolute atomic E-state index is 12.8. The van der Waals surface area contributed by atoms with Crippen LogP contribution in [0.5, 0.6) is 0 Å². The molecule has 0 atom stereocenters. The molecule has 0 heterocycles. The summed E-state index contributed by atoms with van der Waals surface area (Å²) in [5.74, 6) is 0. The Kier molecular flexibility index (Phi) is 7.23. The van der Waals surface area contributed by atoms with Gasteiger partial charge in [0, 0.05) is 5.39 Å². The third-order valence-corrected chi connectivity index (χ3v) is 5.83. The van der Waals surface area contributed by atoms with Crippen molar-refractivity contribution in [2.45, 2.75) is 32.6 Å². The fourth-order valence-electron chi connectivity index (χ4n) is 4.49. The lowest BCUT2D eigenvalue weighted by atomic mass is 9.76. The van der Waals surface area contributed by atoms with Gasteiger partial charge in [-0.3, -0.25) is 0 Å². The van der Waals surface area contributed by atoms with E-state index in [1.54, 1.807) is 6.92 Å². The molecule has 0 saturated heterocycles. The largest absolute Gasteiger partial charge is 0.464 e. The molecule has 0 saturated carbocycles. The van der Waals surface area contributed by atoms with Crippen molar-refractivity contribution < 1.29 is 9.90 Å². The monoisotopic (exact) mass is 461 g/mol. The summed E-state index contributed by atoms with van der Waals surface area (Å²) in [4.78, 5) is 13.8. The van der Waals surface area contributed by atoms with Crippen molar-refractivity contribution in [3.63, 3.8) is 0 Å². The Morgan fingerprint density at radius 3 is 2.03 bits per heavy atom. The molecule has 3 aromatic carbocycles. The highest BCUT2D eigenvalue weighted by Crippen LogP contribution is 2.46. The van der Waals surface area contributed by atoms with E-state index in [-0.39, 0.29) is 11.3 Å². The number of anilines is 1. The maximum atomic E-state index is 12.8. The van der Waals surface area contributed by atoms with E-state index in [1.807, 2.05) is 80.6 Å². The first-order chi connectivity index (χ1) is 16.7. The van der Waals surface area contributed by atoms with Crippen LogP contribution < -0.4 is 4.90 Å². The molecular formula is C30H27N3O2. The van der Waals surface area contributed by atoms with Crippen molar-refractivity contribution in [3.8, 4) is 12.1 Å². The predicted octanol–water partition coefficient (Wildman–Crippen LogP) is 7.76. The lowest BCUT2D eigenvalue weighted by molar-refractivity contribution is 0.204. The van der Waals surface area contributed by atoms with E-state index in [4.69, 9.17) is 0 Å². The van der Waals surface area contributed by atoms with Crippen LogP contribution in [0.25, 0.3) is 21.5 Å².